The molecule has 1 rings (SSSR count). The Morgan fingerprint density at radius 3 is 1.83 bits per heavy atom. The first-order chi connectivity index (χ1) is 11.1. The van der Waals surface area contributed by atoms with Crippen LogP contribution in [0.15, 0.2) is 42.7 Å². The number of rotatable bonds is 7. The van der Waals surface area contributed by atoms with E-state index in [1.54, 1.807) is 0 Å². The van der Waals surface area contributed by atoms with Crippen molar-refractivity contribution < 1.29 is 4.74 Å². The van der Waals surface area contributed by atoms with Crippen LogP contribution in [0.2, 0.25) is 0 Å². The molecule has 0 amide bonds. The molecule has 0 aromatic heterocycles. The second-order valence-corrected chi connectivity index (χ2v) is 4.86. The van der Waals surface area contributed by atoms with Crippen LogP contribution in [0.5, 0.6) is 0 Å². The van der Waals surface area contributed by atoms with Gasteiger partial charge in [0, 0.05) is 5.41 Å². The fraction of sp³-hybridized carbons (Fsp3) is 0.636. The van der Waals surface area contributed by atoms with Gasteiger partial charge in [-0.2, -0.15) is 0 Å². The predicted octanol–water partition coefficient (Wildman–Crippen LogP) is 8.01. The van der Waals surface area contributed by atoms with E-state index in [2.05, 4.69) is 39.5 Å². The van der Waals surface area contributed by atoms with Crippen LogP contribution in [-0.4, -0.2) is 0 Å². The Kier molecular flexibility index (Phi) is 21.8. The Morgan fingerprint density at radius 1 is 0.957 bits per heavy atom. The maximum absolute atomic E-state index is 5.84. The Labute approximate surface area is 147 Å². The summed E-state index contributed by atoms with van der Waals surface area (Å²) in [5, 5.41) is 0. The zero-order chi connectivity index (χ0) is 18.7. The molecule has 1 aromatic rings. The van der Waals surface area contributed by atoms with Crippen molar-refractivity contribution in [3.63, 3.8) is 0 Å². The summed E-state index contributed by atoms with van der Waals surface area (Å²) in [5.41, 5.74) is 1.31. The molecule has 0 bridgehead atoms. The molecule has 1 aromatic carbocycles. The lowest BCUT2D eigenvalue weighted by atomic mass is 9.81. The van der Waals surface area contributed by atoms with Crippen molar-refractivity contribution in [1.82, 2.24) is 0 Å². The number of benzene rings is 1. The van der Waals surface area contributed by atoms with Crippen molar-refractivity contribution in [3.8, 4) is 0 Å². The number of allylic oxidation sites excluding steroid dienone is 1. The van der Waals surface area contributed by atoms with E-state index < -0.39 is 0 Å². The minimum Gasteiger partial charge on any atom is -0.493 e. The van der Waals surface area contributed by atoms with Crippen LogP contribution in [0.1, 0.15) is 87.1 Å². The molecule has 0 aliphatic heterocycles. The second kappa shape index (κ2) is 18.8. The SMILES string of the molecule is C=C(OCc1ccccc1)C(C)(CC)CCC.CC.CC.CC. The quantitative estimate of drug-likeness (QED) is 0.462. The molecule has 1 atom stereocenters. The van der Waals surface area contributed by atoms with Gasteiger partial charge in [0.1, 0.15) is 6.61 Å². The van der Waals surface area contributed by atoms with Gasteiger partial charge in [-0.3, -0.25) is 0 Å². The molecule has 23 heavy (non-hydrogen) atoms. The molecule has 1 unspecified atom stereocenters. The Hall–Kier alpha value is -1.24. The summed E-state index contributed by atoms with van der Waals surface area (Å²) in [6.07, 6.45) is 3.38. The van der Waals surface area contributed by atoms with Gasteiger partial charge >= 0.3 is 0 Å². The highest BCUT2D eigenvalue weighted by Crippen LogP contribution is 2.35. The van der Waals surface area contributed by atoms with Gasteiger partial charge in [0.05, 0.1) is 5.76 Å². The topological polar surface area (TPSA) is 9.23 Å². The van der Waals surface area contributed by atoms with Gasteiger partial charge in [0.15, 0.2) is 0 Å². The first kappa shape index (κ1) is 26.6. The number of ether oxygens (including phenoxy) is 1. The van der Waals surface area contributed by atoms with E-state index in [1.165, 1.54) is 5.56 Å². The van der Waals surface area contributed by atoms with Crippen LogP contribution in [0, 0.1) is 5.41 Å². The third-order valence-corrected chi connectivity index (χ3v) is 3.51. The van der Waals surface area contributed by atoms with Gasteiger partial charge < -0.3 is 4.74 Å². The van der Waals surface area contributed by atoms with Crippen molar-refractivity contribution in [3.05, 3.63) is 48.2 Å². The smallest absolute Gasteiger partial charge is 0.113 e. The summed E-state index contributed by atoms with van der Waals surface area (Å²) >= 11 is 0. The molecule has 136 valence electrons. The second-order valence-electron chi connectivity index (χ2n) is 4.86. The molecule has 0 aliphatic carbocycles. The molecule has 1 heteroatoms. The Morgan fingerprint density at radius 2 is 1.43 bits per heavy atom. The zero-order valence-corrected chi connectivity index (χ0v) is 17.3. The largest absolute Gasteiger partial charge is 0.493 e. The van der Waals surface area contributed by atoms with Crippen molar-refractivity contribution in [2.75, 3.05) is 0 Å². The van der Waals surface area contributed by atoms with Gasteiger partial charge in [-0.25, -0.2) is 0 Å². The molecule has 0 N–H and O–H groups in total. The first-order valence-electron chi connectivity index (χ1n) is 9.48. The predicted molar refractivity (Wildman–Crippen MR) is 108 cm³/mol. The molecule has 1 nitrogen and oxygen atoms in total. The molecule has 0 radical (unpaired) electrons. The number of hydrogen-bond acceptors (Lipinski definition) is 1. The monoisotopic (exact) mass is 322 g/mol. The molecule has 0 heterocycles. The minimum absolute atomic E-state index is 0.115. The lowest BCUT2D eigenvalue weighted by Gasteiger charge is -2.30. The highest BCUT2D eigenvalue weighted by molar-refractivity contribution is 5.14. The Bertz CT molecular complexity index is 342. The minimum atomic E-state index is 0.115. The maximum Gasteiger partial charge on any atom is 0.113 e. The van der Waals surface area contributed by atoms with E-state index >= 15 is 0 Å². The van der Waals surface area contributed by atoms with E-state index in [-0.39, 0.29) is 5.41 Å². The first-order valence-corrected chi connectivity index (χ1v) is 9.48. The Balaban J connectivity index is -0.000000595. The van der Waals surface area contributed by atoms with E-state index in [9.17, 15) is 0 Å². The summed E-state index contributed by atoms with van der Waals surface area (Å²) in [5.74, 6) is 0.922. The maximum atomic E-state index is 5.84. The summed E-state index contributed by atoms with van der Waals surface area (Å²) < 4.78 is 5.84. The van der Waals surface area contributed by atoms with Crippen LogP contribution < -0.4 is 0 Å². The van der Waals surface area contributed by atoms with Gasteiger partial charge in [0.2, 0.25) is 0 Å². The molecule has 0 spiro atoms. The van der Waals surface area contributed by atoms with Gasteiger partial charge in [-0.05, 0) is 18.4 Å². The average Bonchev–Trinajstić information content (AvgIpc) is 2.65. The standard InChI is InChI=1S/C16H24O.3C2H6/c1-5-12-16(4,6-2)14(3)17-13-15-10-8-7-9-11-15;3*1-2/h7-11H,3,5-6,12-13H2,1-2,4H3;3*1-2H3. The number of hydrogen-bond donors (Lipinski definition) is 0. The van der Waals surface area contributed by atoms with E-state index in [0.29, 0.717) is 6.61 Å². The lowest BCUT2D eigenvalue weighted by molar-refractivity contribution is 0.116. The normalized spacial score (nSPS) is 11.2. The molecule has 0 aliphatic rings. The van der Waals surface area contributed by atoms with Crippen LogP contribution in [0.4, 0.5) is 0 Å². The highest BCUT2D eigenvalue weighted by atomic mass is 16.5. The van der Waals surface area contributed by atoms with E-state index in [0.717, 1.165) is 25.0 Å². The van der Waals surface area contributed by atoms with Gasteiger partial charge in [-0.1, -0.05) is 106 Å². The molecule has 0 saturated carbocycles. The zero-order valence-electron chi connectivity index (χ0n) is 17.3. The van der Waals surface area contributed by atoms with E-state index in [4.69, 9.17) is 4.74 Å². The summed E-state index contributed by atoms with van der Waals surface area (Å²) in [6.45, 7) is 23.4. The fourth-order valence-corrected chi connectivity index (χ4v) is 1.98. The van der Waals surface area contributed by atoms with Gasteiger partial charge in [0.25, 0.3) is 0 Å². The van der Waals surface area contributed by atoms with Gasteiger partial charge in [-0.15, -0.1) is 0 Å². The van der Waals surface area contributed by atoms with E-state index in [1.807, 2.05) is 59.7 Å². The fourth-order valence-electron chi connectivity index (χ4n) is 1.98. The van der Waals surface area contributed by atoms with Crippen molar-refractivity contribution in [2.45, 2.75) is 88.2 Å². The highest BCUT2D eigenvalue weighted by Gasteiger charge is 2.26. The molecular formula is C22H42O. The van der Waals surface area contributed by atoms with Crippen LogP contribution >= 0.6 is 0 Å². The van der Waals surface area contributed by atoms with Crippen molar-refractivity contribution in [1.29, 1.82) is 0 Å². The average molecular weight is 323 g/mol. The van der Waals surface area contributed by atoms with Crippen molar-refractivity contribution in [2.24, 2.45) is 5.41 Å². The molecular weight excluding hydrogens is 280 g/mol. The van der Waals surface area contributed by atoms with Crippen LogP contribution in [-0.2, 0) is 11.3 Å². The van der Waals surface area contributed by atoms with Crippen molar-refractivity contribution >= 4 is 0 Å². The van der Waals surface area contributed by atoms with Crippen LogP contribution in [0.25, 0.3) is 0 Å². The summed E-state index contributed by atoms with van der Waals surface area (Å²) in [4.78, 5) is 0. The lowest BCUT2D eigenvalue weighted by Crippen LogP contribution is -2.19. The summed E-state index contributed by atoms with van der Waals surface area (Å²) in [7, 11) is 0. The third kappa shape index (κ3) is 11.9. The summed E-state index contributed by atoms with van der Waals surface area (Å²) in [6, 6.07) is 10.2. The molecule has 0 fully saturated rings. The molecule has 0 saturated heterocycles. The third-order valence-electron chi connectivity index (χ3n) is 3.51. The van der Waals surface area contributed by atoms with Crippen LogP contribution in [0.3, 0.4) is 0 Å².